The number of carboxylic acid groups (broad SMARTS) is 1. The van der Waals surface area contributed by atoms with Gasteiger partial charge in [0.15, 0.2) is 5.82 Å². The number of nitrogens with zero attached hydrogens (tertiary/aromatic N) is 2. The molecule has 0 atom stereocenters. The molecule has 2 aromatic heterocycles. The van der Waals surface area contributed by atoms with Crippen molar-refractivity contribution in [1.29, 1.82) is 0 Å². The van der Waals surface area contributed by atoms with E-state index in [9.17, 15) is 9.18 Å². The lowest BCUT2D eigenvalue weighted by Gasteiger charge is -2.20. The lowest BCUT2D eigenvalue weighted by atomic mass is 9.95. The highest BCUT2D eigenvalue weighted by molar-refractivity contribution is 6.00. The molecule has 0 fully saturated rings. The van der Waals surface area contributed by atoms with Gasteiger partial charge in [0.05, 0.1) is 17.3 Å². The molecule has 0 unspecified atom stereocenters. The SMILES string of the molecule is CC(C)c1c(C(F)(F)CC(=O)O)c2c(F)c3[nH]ncc3cc2n1-c1ccc(F)cc1. The average molecular weight is 419 g/mol. The molecule has 2 heterocycles. The Balaban J connectivity index is 2.22. The van der Waals surface area contributed by atoms with Gasteiger partial charge < -0.3 is 9.67 Å². The molecule has 4 rings (SSSR count). The van der Waals surface area contributed by atoms with E-state index >= 15 is 13.2 Å². The lowest BCUT2D eigenvalue weighted by molar-refractivity contribution is -0.145. The summed E-state index contributed by atoms with van der Waals surface area (Å²) in [7, 11) is 0. The van der Waals surface area contributed by atoms with Gasteiger partial charge in [-0.25, -0.2) is 17.6 Å². The first-order valence-electron chi connectivity index (χ1n) is 9.17. The van der Waals surface area contributed by atoms with Gasteiger partial charge >= 0.3 is 5.97 Å². The summed E-state index contributed by atoms with van der Waals surface area (Å²) < 4.78 is 60.8. The third-order valence-electron chi connectivity index (χ3n) is 5.01. The summed E-state index contributed by atoms with van der Waals surface area (Å²) in [4.78, 5) is 11.1. The number of carbonyl (C=O) groups is 1. The van der Waals surface area contributed by atoms with E-state index in [0.717, 1.165) is 0 Å². The van der Waals surface area contributed by atoms with Crippen molar-refractivity contribution >= 4 is 27.8 Å². The number of hydrogen-bond acceptors (Lipinski definition) is 2. The molecule has 4 aromatic rings. The second-order valence-corrected chi connectivity index (χ2v) is 7.42. The first-order valence-corrected chi connectivity index (χ1v) is 9.17. The number of halogens is 4. The van der Waals surface area contributed by atoms with Crippen molar-refractivity contribution in [2.24, 2.45) is 0 Å². The molecule has 0 saturated carbocycles. The molecule has 30 heavy (non-hydrogen) atoms. The quantitative estimate of drug-likeness (QED) is 0.421. The van der Waals surface area contributed by atoms with Crippen molar-refractivity contribution in [2.75, 3.05) is 0 Å². The molecule has 2 aromatic carbocycles. The van der Waals surface area contributed by atoms with Gasteiger partial charge in [-0.3, -0.25) is 9.89 Å². The van der Waals surface area contributed by atoms with E-state index in [-0.39, 0.29) is 22.1 Å². The fourth-order valence-electron chi connectivity index (χ4n) is 3.89. The highest BCUT2D eigenvalue weighted by atomic mass is 19.3. The average Bonchev–Trinajstić information content (AvgIpc) is 3.25. The predicted octanol–water partition coefficient (Wildman–Crippen LogP) is 5.47. The molecule has 9 heteroatoms. The minimum atomic E-state index is -3.84. The van der Waals surface area contributed by atoms with Crippen molar-refractivity contribution in [3.63, 3.8) is 0 Å². The van der Waals surface area contributed by atoms with Gasteiger partial charge in [-0.1, -0.05) is 13.8 Å². The van der Waals surface area contributed by atoms with Crippen LogP contribution in [0.25, 0.3) is 27.5 Å². The van der Waals surface area contributed by atoms with Crippen molar-refractivity contribution < 1.29 is 27.5 Å². The zero-order valence-electron chi connectivity index (χ0n) is 16.0. The van der Waals surface area contributed by atoms with Crippen LogP contribution < -0.4 is 0 Å². The molecular formula is C21H17F4N3O2. The third-order valence-corrected chi connectivity index (χ3v) is 5.01. The highest BCUT2D eigenvalue weighted by Crippen LogP contribution is 2.46. The summed E-state index contributed by atoms with van der Waals surface area (Å²) in [5.41, 5.74) is -0.210. The summed E-state index contributed by atoms with van der Waals surface area (Å²) in [5, 5.41) is 15.2. The largest absolute Gasteiger partial charge is 0.481 e. The molecule has 0 aliphatic carbocycles. The van der Waals surface area contributed by atoms with Gasteiger partial charge in [0.25, 0.3) is 5.92 Å². The van der Waals surface area contributed by atoms with E-state index in [2.05, 4.69) is 10.2 Å². The van der Waals surface area contributed by atoms with Crippen LogP contribution in [-0.2, 0) is 10.7 Å². The number of aromatic amines is 1. The van der Waals surface area contributed by atoms with Gasteiger partial charge in [0, 0.05) is 22.2 Å². The standard InChI is InChI=1S/C21H17F4N3O2/c1-10(2)20-17(21(24,25)8-15(29)30)16-14(7-11-9-26-27-19(11)18(16)23)28(20)13-5-3-12(22)4-6-13/h3-7,9-10H,8H2,1-2H3,(H,26,27)(H,29,30). The summed E-state index contributed by atoms with van der Waals surface area (Å²) in [6, 6.07) is 6.65. The molecule has 0 bridgehead atoms. The highest BCUT2D eigenvalue weighted by Gasteiger charge is 2.42. The van der Waals surface area contributed by atoms with E-state index in [0.29, 0.717) is 11.1 Å². The van der Waals surface area contributed by atoms with Crippen molar-refractivity contribution in [3.8, 4) is 5.69 Å². The number of hydrogen-bond donors (Lipinski definition) is 2. The number of aromatic nitrogens is 3. The smallest absolute Gasteiger partial charge is 0.309 e. The molecule has 2 N–H and O–H groups in total. The Bertz CT molecular complexity index is 1270. The first-order chi connectivity index (χ1) is 14.1. The van der Waals surface area contributed by atoms with Crippen LogP contribution in [-0.4, -0.2) is 25.8 Å². The molecule has 156 valence electrons. The first kappa shape index (κ1) is 19.9. The van der Waals surface area contributed by atoms with Crippen LogP contribution in [0.2, 0.25) is 0 Å². The Morgan fingerprint density at radius 3 is 2.50 bits per heavy atom. The van der Waals surface area contributed by atoms with Crippen LogP contribution >= 0.6 is 0 Å². The van der Waals surface area contributed by atoms with Gasteiger partial charge in [-0.05, 0) is 36.2 Å². The molecule has 0 amide bonds. The second kappa shape index (κ2) is 6.86. The van der Waals surface area contributed by atoms with Crippen LogP contribution in [0.3, 0.4) is 0 Å². The maximum absolute atomic E-state index is 15.4. The fraction of sp³-hybridized carbons (Fsp3) is 0.238. The Labute approximate surface area is 167 Å². The maximum atomic E-state index is 15.4. The van der Waals surface area contributed by atoms with Crippen LogP contribution in [0, 0.1) is 11.6 Å². The van der Waals surface area contributed by atoms with Gasteiger partial charge in [-0.15, -0.1) is 0 Å². The molecule has 0 radical (unpaired) electrons. The molecular weight excluding hydrogens is 402 g/mol. The minimum Gasteiger partial charge on any atom is -0.481 e. The van der Waals surface area contributed by atoms with E-state index < -0.39 is 41.4 Å². The molecule has 5 nitrogen and oxygen atoms in total. The van der Waals surface area contributed by atoms with Crippen LogP contribution in [0.1, 0.15) is 37.4 Å². The maximum Gasteiger partial charge on any atom is 0.309 e. The Kier molecular flexibility index (Phi) is 4.56. The zero-order chi connectivity index (χ0) is 21.8. The van der Waals surface area contributed by atoms with E-state index in [4.69, 9.17) is 5.11 Å². The summed E-state index contributed by atoms with van der Waals surface area (Å²) in [6.07, 6.45) is -0.125. The normalized spacial score (nSPS) is 12.4. The van der Waals surface area contributed by atoms with Crippen molar-refractivity contribution in [3.05, 3.63) is 59.4 Å². The fourth-order valence-corrected chi connectivity index (χ4v) is 3.89. The zero-order valence-corrected chi connectivity index (χ0v) is 16.0. The Hall–Kier alpha value is -3.36. The van der Waals surface area contributed by atoms with Gasteiger partial charge in [-0.2, -0.15) is 5.10 Å². The number of benzene rings is 2. The summed E-state index contributed by atoms with van der Waals surface area (Å²) in [6.45, 7) is 3.31. The molecule has 0 aliphatic heterocycles. The third kappa shape index (κ3) is 3.01. The van der Waals surface area contributed by atoms with Crippen LogP contribution in [0.4, 0.5) is 17.6 Å². The summed E-state index contributed by atoms with van der Waals surface area (Å²) >= 11 is 0. The second-order valence-electron chi connectivity index (χ2n) is 7.42. The monoisotopic (exact) mass is 419 g/mol. The van der Waals surface area contributed by atoms with Gasteiger partial charge in [0.2, 0.25) is 0 Å². The molecule has 0 saturated heterocycles. The van der Waals surface area contributed by atoms with Crippen molar-refractivity contribution in [2.45, 2.75) is 32.1 Å². The van der Waals surface area contributed by atoms with E-state index in [1.165, 1.54) is 41.1 Å². The predicted molar refractivity (Wildman–Crippen MR) is 103 cm³/mol. The van der Waals surface area contributed by atoms with Gasteiger partial charge in [0.1, 0.15) is 17.8 Å². The number of alkyl halides is 2. The minimum absolute atomic E-state index is 0.0542. The van der Waals surface area contributed by atoms with E-state index in [1.807, 2.05) is 0 Å². The topological polar surface area (TPSA) is 70.9 Å². The van der Waals surface area contributed by atoms with Crippen LogP contribution in [0.15, 0.2) is 36.5 Å². The molecule has 0 aliphatic rings. The van der Waals surface area contributed by atoms with Crippen molar-refractivity contribution in [1.82, 2.24) is 14.8 Å². The number of fused-ring (bicyclic) bond motifs is 2. The Morgan fingerprint density at radius 1 is 1.23 bits per heavy atom. The lowest BCUT2D eigenvalue weighted by Crippen LogP contribution is -2.21. The summed E-state index contributed by atoms with van der Waals surface area (Å²) in [5.74, 6) is -7.53. The molecule has 0 spiro atoms. The van der Waals surface area contributed by atoms with Crippen LogP contribution in [0.5, 0.6) is 0 Å². The number of aliphatic carboxylic acids is 1. The number of nitrogens with one attached hydrogen (secondary N) is 1. The number of rotatable bonds is 5. The number of carboxylic acids is 1. The number of H-pyrrole nitrogens is 1. The van der Waals surface area contributed by atoms with E-state index in [1.54, 1.807) is 13.8 Å². The Morgan fingerprint density at radius 2 is 1.90 bits per heavy atom.